The van der Waals surface area contributed by atoms with Crippen molar-refractivity contribution in [1.29, 1.82) is 0 Å². The Morgan fingerprint density at radius 3 is 2.68 bits per heavy atom. The first-order valence-corrected chi connectivity index (χ1v) is 9.66. The quantitative estimate of drug-likeness (QED) is 0.611. The highest BCUT2D eigenvalue weighted by atomic mass is 32.1. The lowest BCUT2D eigenvalue weighted by Crippen LogP contribution is -2.28. The summed E-state index contributed by atoms with van der Waals surface area (Å²) in [6.07, 6.45) is 3.64. The maximum Gasteiger partial charge on any atom is 0.257 e. The van der Waals surface area contributed by atoms with Gasteiger partial charge in [0, 0.05) is 35.6 Å². The van der Waals surface area contributed by atoms with E-state index in [1.807, 2.05) is 24.4 Å². The van der Waals surface area contributed by atoms with Crippen LogP contribution in [-0.4, -0.2) is 34.9 Å². The summed E-state index contributed by atoms with van der Waals surface area (Å²) < 4.78 is 5.38. The molecule has 0 unspecified atom stereocenters. The molecule has 0 saturated heterocycles. The number of pyridine rings is 1. The molecule has 0 spiro atoms. The topological polar surface area (TPSA) is 93.2 Å². The minimum atomic E-state index is -0.172. The zero-order valence-corrected chi connectivity index (χ0v) is 16.2. The largest absolute Gasteiger partial charge is 0.484 e. The van der Waals surface area contributed by atoms with E-state index in [9.17, 15) is 9.59 Å². The molecule has 3 aromatic rings. The molecule has 2 aromatic heterocycles. The van der Waals surface area contributed by atoms with Crippen LogP contribution in [0.3, 0.4) is 0 Å². The highest BCUT2D eigenvalue weighted by Gasteiger charge is 2.10. The first-order chi connectivity index (χ1) is 13.6. The smallest absolute Gasteiger partial charge is 0.257 e. The van der Waals surface area contributed by atoms with E-state index in [-0.39, 0.29) is 24.8 Å². The number of hydrogen-bond acceptors (Lipinski definition) is 6. The highest BCUT2D eigenvalue weighted by Crippen LogP contribution is 2.23. The van der Waals surface area contributed by atoms with Gasteiger partial charge in [0.05, 0.1) is 12.1 Å². The zero-order valence-electron chi connectivity index (χ0n) is 15.3. The Hall–Kier alpha value is -3.26. The predicted molar refractivity (Wildman–Crippen MR) is 108 cm³/mol. The average molecular weight is 396 g/mol. The normalized spacial score (nSPS) is 10.3. The standard InChI is InChI=1S/C20H20N4O3S/c1-2-22-19(26)12-27-17-7-5-15(6-8-17)23-18(25)10-16-13-28-20(24-16)14-4-3-9-21-11-14/h3-9,11,13H,2,10,12H2,1H3,(H,22,26)(H,23,25). The molecule has 0 aliphatic heterocycles. The van der Waals surface area contributed by atoms with E-state index in [0.717, 1.165) is 10.6 Å². The van der Waals surface area contributed by atoms with E-state index in [0.29, 0.717) is 23.7 Å². The molecule has 0 saturated carbocycles. The third kappa shape index (κ3) is 5.62. The monoisotopic (exact) mass is 396 g/mol. The summed E-state index contributed by atoms with van der Waals surface area (Å²) >= 11 is 1.48. The molecule has 0 aliphatic carbocycles. The number of benzene rings is 1. The van der Waals surface area contributed by atoms with E-state index in [1.54, 1.807) is 36.7 Å². The molecule has 3 rings (SSSR count). The fourth-order valence-corrected chi connectivity index (χ4v) is 3.22. The third-order valence-electron chi connectivity index (χ3n) is 3.68. The van der Waals surface area contributed by atoms with Crippen molar-refractivity contribution in [2.24, 2.45) is 0 Å². The van der Waals surface area contributed by atoms with Gasteiger partial charge in [0.1, 0.15) is 10.8 Å². The van der Waals surface area contributed by atoms with Crippen LogP contribution in [0.4, 0.5) is 5.69 Å². The second-order valence-corrected chi connectivity index (χ2v) is 6.74. The molecule has 28 heavy (non-hydrogen) atoms. The molecule has 0 bridgehead atoms. The number of aromatic nitrogens is 2. The molecule has 2 amide bonds. The number of hydrogen-bond donors (Lipinski definition) is 2. The van der Waals surface area contributed by atoms with Crippen molar-refractivity contribution in [1.82, 2.24) is 15.3 Å². The third-order valence-corrected chi connectivity index (χ3v) is 4.62. The number of thiazole rings is 1. The van der Waals surface area contributed by atoms with Crippen LogP contribution in [0.2, 0.25) is 0 Å². The molecule has 0 radical (unpaired) electrons. The molecule has 144 valence electrons. The van der Waals surface area contributed by atoms with E-state index in [4.69, 9.17) is 4.74 Å². The minimum absolute atomic E-state index is 0.0390. The Bertz CT molecular complexity index is 926. The first kappa shape index (κ1) is 19.5. The van der Waals surface area contributed by atoms with Crippen molar-refractivity contribution in [3.8, 4) is 16.3 Å². The van der Waals surface area contributed by atoms with Gasteiger partial charge in [0.15, 0.2) is 6.61 Å². The molecular formula is C20H20N4O3S. The number of amides is 2. The van der Waals surface area contributed by atoms with Crippen molar-refractivity contribution < 1.29 is 14.3 Å². The Balaban J connectivity index is 1.51. The van der Waals surface area contributed by atoms with Gasteiger partial charge in [-0.15, -0.1) is 11.3 Å². The molecule has 7 nitrogen and oxygen atoms in total. The highest BCUT2D eigenvalue weighted by molar-refractivity contribution is 7.13. The zero-order chi connectivity index (χ0) is 19.8. The van der Waals surface area contributed by atoms with Crippen molar-refractivity contribution >= 4 is 28.8 Å². The van der Waals surface area contributed by atoms with Gasteiger partial charge >= 0.3 is 0 Å². The SMILES string of the molecule is CCNC(=O)COc1ccc(NC(=O)Cc2csc(-c3cccnc3)n2)cc1. The van der Waals surface area contributed by atoms with Gasteiger partial charge in [-0.25, -0.2) is 4.98 Å². The van der Waals surface area contributed by atoms with Crippen LogP contribution < -0.4 is 15.4 Å². The van der Waals surface area contributed by atoms with Crippen LogP contribution in [0.15, 0.2) is 54.2 Å². The molecular weight excluding hydrogens is 376 g/mol. The van der Waals surface area contributed by atoms with Crippen LogP contribution >= 0.6 is 11.3 Å². The summed E-state index contributed by atoms with van der Waals surface area (Å²) in [4.78, 5) is 32.2. The minimum Gasteiger partial charge on any atom is -0.484 e. The van der Waals surface area contributed by atoms with Gasteiger partial charge in [0.25, 0.3) is 5.91 Å². The lowest BCUT2D eigenvalue weighted by Gasteiger charge is -2.08. The Morgan fingerprint density at radius 2 is 1.96 bits per heavy atom. The number of rotatable bonds is 8. The number of carbonyl (C=O) groups excluding carboxylic acids is 2. The van der Waals surface area contributed by atoms with Crippen LogP contribution in [0.1, 0.15) is 12.6 Å². The fourth-order valence-electron chi connectivity index (χ4n) is 2.41. The van der Waals surface area contributed by atoms with Crippen molar-refractivity contribution in [2.75, 3.05) is 18.5 Å². The molecule has 0 aliphatic rings. The first-order valence-electron chi connectivity index (χ1n) is 8.78. The predicted octanol–water partition coefficient (Wildman–Crippen LogP) is 2.90. The lowest BCUT2D eigenvalue weighted by molar-refractivity contribution is -0.123. The van der Waals surface area contributed by atoms with Gasteiger partial charge in [0.2, 0.25) is 5.91 Å². The Labute approximate surface area is 166 Å². The summed E-state index contributed by atoms with van der Waals surface area (Å²) in [5.41, 5.74) is 2.30. The van der Waals surface area contributed by atoms with Crippen molar-refractivity contribution in [2.45, 2.75) is 13.3 Å². The van der Waals surface area contributed by atoms with Crippen LogP contribution in [-0.2, 0) is 16.0 Å². The number of nitrogens with one attached hydrogen (secondary N) is 2. The van der Waals surface area contributed by atoms with Gasteiger partial charge in [-0.2, -0.15) is 0 Å². The van der Waals surface area contributed by atoms with Gasteiger partial charge in [-0.05, 0) is 43.3 Å². The maximum absolute atomic E-state index is 12.3. The fraction of sp³-hybridized carbons (Fsp3) is 0.200. The van der Waals surface area contributed by atoms with Crippen LogP contribution in [0.25, 0.3) is 10.6 Å². The van der Waals surface area contributed by atoms with Gasteiger partial charge in [-0.3, -0.25) is 14.6 Å². The van der Waals surface area contributed by atoms with E-state index in [1.165, 1.54) is 11.3 Å². The van der Waals surface area contributed by atoms with Crippen LogP contribution in [0, 0.1) is 0 Å². The van der Waals surface area contributed by atoms with Crippen molar-refractivity contribution in [3.63, 3.8) is 0 Å². The molecule has 1 aromatic carbocycles. The summed E-state index contributed by atoms with van der Waals surface area (Å²) in [6, 6.07) is 10.7. The Morgan fingerprint density at radius 1 is 1.14 bits per heavy atom. The summed E-state index contributed by atoms with van der Waals surface area (Å²) in [5, 5.41) is 8.20. The molecule has 2 heterocycles. The molecule has 0 atom stereocenters. The number of likely N-dealkylation sites (N-methyl/N-ethyl adjacent to an activating group) is 1. The molecule has 8 heteroatoms. The molecule has 2 N–H and O–H groups in total. The number of ether oxygens (including phenoxy) is 1. The summed E-state index contributed by atoms with van der Waals surface area (Å²) in [7, 11) is 0. The van der Waals surface area contributed by atoms with Gasteiger partial charge < -0.3 is 15.4 Å². The second-order valence-electron chi connectivity index (χ2n) is 5.88. The van der Waals surface area contributed by atoms with E-state index < -0.39 is 0 Å². The second kappa shape index (κ2) is 9.61. The number of nitrogens with zero attached hydrogens (tertiary/aromatic N) is 2. The summed E-state index contributed by atoms with van der Waals surface area (Å²) in [5.74, 6) is 0.234. The lowest BCUT2D eigenvalue weighted by atomic mass is 10.2. The molecule has 0 fully saturated rings. The van der Waals surface area contributed by atoms with Crippen molar-refractivity contribution in [3.05, 3.63) is 59.9 Å². The summed E-state index contributed by atoms with van der Waals surface area (Å²) in [6.45, 7) is 2.37. The average Bonchev–Trinajstić information content (AvgIpc) is 3.17. The Kier molecular flexibility index (Phi) is 6.69. The van der Waals surface area contributed by atoms with Crippen LogP contribution in [0.5, 0.6) is 5.75 Å². The van der Waals surface area contributed by atoms with Gasteiger partial charge in [-0.1, -0.05) is 0 Å². The number of carbonyl (C=O) groups is 2. The van der Waals surface area contributed by atoms with E-state index >= 15 is 0 Å². The van der Waals surface area contributed by atoms with E-state index in [2.05, 4.69) is 20.6 Å². The maximum atomic E-state index is 12.3. The number of anilines is 1.